The van der Waals surface area contributed by atoms with E-state index in [1.54, 1.807) is 6.07 Å². The molecule has 0 atom stereocenters. The van der Waals surface area contributed by atoms with Gasteiger partial charge in [-0.3, -0.25) is 0 Å². The highest BCUT2D eigenvalue weighted by atomic mass is 19.2. The van der Waals surface area contributed by atoms with E-state index in [0.717, 1.165) is 10.7 Å². The number of rotatable bonds is 2. The van der Waals surface area contributed by atoms with E-state index < -0.39 is 17.6 Å². The largest absolute Gasteiger partial charge is 0.478 e. The molecule has 2 aromatic carbocycles. The van der Waals surface area contributed by atoms with Crippen LogP contribution in [0.15, 0.2) is 36.4 Å². The van der Waals surface area contributed by atoms with Gasteiger partial charge in [-0.2, -0.15) is 0 Å². The van der Waals surface area contributed by atoms with Crippen LogP contribution in [0.25, 0.3) is 16.7 Å². The Kier molecular flexibility index (Phi) is 2.67. The van der Waals surface area contributed by atoms with E-state index in [9.17, 15) is 13.6 Å². The van der Waals surface area contributed by atoms with Crippen molar-refractivity contribution >= 4 is 17.0 Å². The number of carboxylic acid groups (broad SMARTS) is 1. The number of halogens is 2. The van der Waals surface area contributed by atoms with Gasteiger partial charge in [0.2, 0.25) is 0 Å². The Morgan fingerprint density at radius 3 is 2.65 bits per heavy atom. The quantitative estimate of drug-likeness (QED) is 0.779. The molecule has 20 heavy (non-hydrogen) atoms. The first-order chi connectivity index (χ1) is 9.59. The molecule has 7 heteroatoms. The Hall–Kier alpha value is -2.83. The fourth-order valence-electron chi connectivity index (χ4n) is 1.97. The predicted molar refractivity (Wildman–Crippen MR) is 65.7 cm³/mol. The summed E-state index contributed by atoms with van der Waals surface area (Å²) in [4.78, 5) is 11.2. The minimum Gasteiger partial charge on any atom is -0.478 e. The van der Waals surface area contributed by atoms with Crippen molar-refractivity contribution in [2.75, 3.05) is 0 Å². The lowest BCUT2D eigenvalue weighted by Crippen LogP contribution is -2.06. The second-order valence-electron chi connectivity index (χ2n) is 4.05. The molecule has 0 aliphatic carbocycles. The maximum Gasteiger partial charge on any atom is 0.337 e. The molecule has 5 nitrogen and oxygen atoms in total. The first-order valence-electron chi connectivity index (χ1n) is 5.61. The lowest BCUT2D eigenvalue weighted by atomic mass is 10.1. The van der Waals surface area contributed by atoms with E-state index in [1.807, 2.05) is 0 Å². The van der Waals surface area contributed by atoms with Crippen molar-refractivity contribution in [3.8, 4) is 5.69 Å². The Morgan fingerprint density at radius 1 is 1.15 bits per heavy atom. The highest BCUT2D eigenvalue weighted by molar-refractivity contribution is 6.01. The van der Waals surface area contributed by atoms with Crippen LogP contribution in [0.4, 0.5) is 8.78 Å². The average molecular weight is 275 g/mol. The van der Waals surface area contributed by atoms with E-state index in [2.05, 4.69) is 10.3 Å². The smallest absolute Gasteiger partial charge is 0.337 e. The maximum atomic E-state index is 13.8. The van der Waals surface area contributed by atoms with Crippen LogP contribution in [0.5, 0.6) is 0 Å². The number of fused-ring (bicyclic) bond motifs is 1. The first kappa shape index (κ1) is 12.2. The molecular weight excluding hydrogens is 268 g/mol. The zero-order chi connectivity index (χ0) is 14.3. The van der Waals surface area contributed by atoms with Gasteiger partial charge in [0, 0.05) is 0 Å². The first-order valence-corrected chi connectivity index (χ1v) is 5.61. The molecular formula is C13H7F2N3O2. The highest BCUT2D eigenvalue weighted by Gasteiger charge is 2.18. The monoisotopic (exact) mass is 275 g/mol. The van der Waals surface area contributed by atoms with Crippen molar-refractivity contribution in [2.45, 2.75) is 0 Å². The molecule has 100 valence electrons. The summed E-state index contributed by atoms with van der Waals surface area (Å²) in [5.41, 5.74) is 0.121. The number of aromatic nitrogens is 3. The summed E-state index contributed by atoms with van der Waals surface area (Å²) in [6.07, 6.45) is 0. The van der Waals surface area contributed by atoms with Gasteiger partial charge in [-0.1, -0.05) is 17.3 Å². The average Bonchev–Trinajstić information content (AvgIpc) is 2.85. The van der Waals surface area contributed by atoms with Gasteiger partial charge in [0.1, 0.15) is 16.7 Å². The zero-order valence-corrected chi connectivity index (χ0v) is 9.92. The highest BCUT2D eigenvalue weighted by Crippen LogP contribution is 2.23. The summed E-state index contributed by atoms with van der Waals surface area (Å²) < 4.78 is 28.1. The Balaban J connectivity index is 2.38. The van der Waals surface area contributed by atoms with Crippen LogP contribution in [-0.4, -0.2) is 26.1 Å². The number of aromatic carboxylic acids is 1. The van der Waals surface area contributed by atoms with E-state index in [4.69, 9.17) is 5.11 Å². The lowest BCUT2D eigenvalue weighted by molar-refractivity contribution is 0.0698. The van der Waals surface area contributed by atoms with Crippen LogP contribution in [0.2, 0.25) is 0 Å². The second-order valence-corrected chi connectivity index (χ2v) is 4.05. The third-order valence-electron chi connectivity index (χ3n) is 2.86. The molecule has 1 aromatic heterocycles. The van der Waals surface area contributed by atoms with Gasteiger partial charge in [-0.15, -0.1) is 5.10 Å². The van der Waals surface area contributed by atoms with Gasteiger partial charge in [0.15, 0.2) is 11.6 Å². The molecule has 3 rings (SSSR count). The number of hydrogen-bond acceptors (Lipinski definition) is 3. The standard InChI is InChI=1S/C13H7F2N3O2/c14-8-4-2-6-10(11(8)15)18-12-7(13(19)20)3-1-5-9(12)16-17-18/h1-6H,(H,19,20). The van der Waals surface area contributed by atoms with Gasteiger partial charge in [0.25, 0.3) is 0 Å². The Morgan fingerprint density at radius 2 is 1.90 bits per heavy atom. The zero-order valence-electron chi connectivity index (χ0n) is 9.92. The molecule has 0 fully saturated rings. The topological polar surface area (TPSA) is 68.0 Å². The second kappa shape index (κ2) is 4.37. The SMILES string of the molecule is O=C(O)c1cccc2nnn(-c3cccc(F)c3F)c12. The van der Waals surface area contributed by atoms with Crippen LogP contribution in [0.3, 0.4) is 0 Å². The van der Waals surface area contributed by atoms with Crippen LogP contribution in [0, 0.1) is 11.6 Å². The number of benzene rings is 2. The Bertz CT molecular complexity index is 830. The molecule has 0 unspecified atom stereocenters. The maximum absolute atomic E-state index is 13.8. The van der Waals surface area contributed by atoms with E-state index in [1.165, 1.54) is 24.3 Å². The fraction of sp³-hybridized carbons (Fsp3) is 0. The number of carboxylic acids is 1. The van der Waals surface area contributed by atoms with Crippen LogP contribution in [-0.2, 0) is 0 Å². The van der Waals surface area contributed by atoms with Crippen molar-refractivity contribution in [2.24, 2.45) is 0 Å². The number of hydrogen-bond donors (Lipinski definition) is 1. The third-order valence-corrected chi connectivity index (χ3v) is 2.86. The van der Waals surface area contributed by atoms with Crippen molar-refractivity contribution in [3.05, 3.63) is 53.6 Å². The minimum atomic E-state index is -1.20. The summed E-state index contributed by atoms with van der Waals surface area (Å²) in [6.45, 7) is 0. The van der Waals surface area contributed by atoms with Crippen LogP contribution >= 0.6 is 0 Å². The molecule has 0 amide bonds. The normalized spacial score (nSPS) is 10.9. The predicted octanol–water partition coefficient (Wildman–Crippen LogP) is 2.40. The number of nitrogens with zero attached hydrogens (tertiary/aromatic N) is 3. The summed E-state index contributed by atoms with van der Waals surface area (Å²) in [5.74, 6) is -3.35. The van der Waals surface area contributed by atoms with Gasteiger partial charge >= 0.3 is 5.97 Å². The van der Waals surface area contributed by atoms with Crippen LogP contribution in [0.1, 0.15) is 10.4 Å². The van der Waals surface area contributed by atoms with Gasteiger partial charge in [0.05, 0.1) is 5.56 Å². The van der Waals surface area contributed by atoms with Crippen molar-refractivity contribution in [3.63, 3.8) is 0 Å². The Labute approximate surface area is 111 Å². The molecule has 0 aliphatic rings. The van der Waals surface area contributed by atoms with Crippen LogP contribution < -0.4 is 0 Å². The molecule has 0 spiro atoms. The van der Waals surface area contributed by atoms with E-state index in [-0.39, 0.29) is 22.3 Å². The number of carbonyl (C=O) groups is 1. The van der Waals surface area contributed by atoms with E-state index in [0.29, 0.717) is 0 Å². The molecule has 0 radical (unpaired) electrons. The molecule has 1 heterocycles. The summed E-state index contributed by atoms with van der Waals surface area (Å²) in [5, 5.41) is 16.6. The van der Waals surface area contributed by atoms with E-state index >= 15 is 0 Å². The molecule has 0 aliphatic heterocycles. The summed E-state index contributed by atoms with van der Waals surface area (Å²) >= 11 is 0. The fourth-order valence-corrected chi connectivity index (χ4v) is 1.97. The summed E-state index contributed by atoms with van der Waals surface area (Å²) in [6, 6.07) is 7.98. The van der Waals surface area contributed by atoms with Gasteiger partial charge in [-0.25, -0.2) is 18.3 Å². The van der Waals surface area contributed by atoms with Crippen molar-refractivity contribution < 1.29 is 18.7 Å². The van der Waals surface area contributed by atoms with Gasteiger partial charge < -0.3 is 5.11 Å². The molecule has 0 saturated carbocycles. The molecule has 0 bridgehead atoms. The molecule has 0 saturated heterocycles. The molecule has 1 N–H and O–H groups in total. The third kappa shape index (κ3) is 1.71. The van der Waals surface area contributed by atoms with Gasteiger partial charge in [-0.05, 0) is 24.3 Å². The summed E-state index contributed by atoms with van der Waals surface area (Å²) in [7, 11) is 0. The lowest BCUT2D eigenvalue weighted by Gasteiger charge is -2.06. The molecule has 3 aromatic rings. The minimum absolute atomic E-state index is 0.0869. The van der Waals surface area contributed by atoms with Crippen molar-refractivity contribution in [1.29, 1.82) is 0 Å². The van der Waals surface area contributed by atoms with Crippen molar-refractivity contribution in [1.82, 2.24) is 15.0 Å². The number of para-hydroxylation sites is 1.